The van der Waals surface area contributed by atoms with Gasteiger partial charge >= 0.3 is 5.97 Å². The second-order valence-corrected chi connectivity index (χ2v) is 4.29. The van der Waals surface area contributed by atoms with Crippen molar-refractivity contribution in [1.29, 1.82) is 0 Å². The van der Waals surface area contributed by atoms with Crippen LogP contribution >= 0.6 is 11.6 Å². The Morgan fingerprint density at radius 1 is 1.41 bits per heavy atom. The molecule has 17 heavy (non-hydrogen) atoms. The van der Waals surface area contributed by atoms with Crippen LogP contribution in [-0.2, 0) is 9.53 Å². The Hall–Kier alpha value is -1.22. The van der Waals surface area contributed by atoms with Crippen molar-refractivity contribution in [3.05, 3.63) is 29.8 Å². The maximum absolute atomic E-state index is 11.5. The van der Waals surface area contributed by atoms with Gasteiger partial charge in [-0.3, -0.25) is 4.79 Å². The topological polar surface area (TPSA) is 35.5 Å². The van der Waals surface area contributed by atoms with E-state index in [1.807, 2.05) is 26.0 Å². The van der Waals surface area contributed by atoms with Crippen molar-refractivity contribution in [1.82, 2.24) is 0 Å². The van der Waals surface area contributed by atoms with E-state index in [1.54, 1.807) is 19.1 Å². The van der Waals surface area contributed by atoms with Crippen molar-refractivity contribution in [2.45, 2.75) is 32.3 Å². The molecule has 0 aromatic heterocycles. The average Bonchev–Trinajstić information content (AvgIpc) is 2.28. The molecule has 0 bridgehead atoms. The van der Waals surface area contributed by atoms with Gasteiger partial charge in [-0.2, -0.15) is 0 Å². The van der Waals surface area contributed by atoms with Crippen LogP contribution in [0.2, 0.25) is 0 Å². The molecule has 0 saturated carbocycles. The molecule has 1 atom stereocenters. The Bertz CT molecular complexity index is 377. The van der Waals surface area contributed by atoms with Gasteiger partial charge in [-0.15, -0.1) is 11.6 Å². The molecule has 0 aliphatic heterocycles. The Kier molecular flexibility index (Phi) is 5.29. The summed E-state index contributed by atoms with van der Waals surface area (Å²) in [6, 6.07) is 7.18. The number of esters is 1. The molecule has 0 heterocycles. The van der Waals surface area contributed by atoms with E-state index in [9.17, 15) is 4.79 Å². The molecule has 0 saturated heterocycles. The molecule has 0 radical (unpaired) electrons. The molecule has 0 aliphatic rings. The molecule has 3 nitrogen and oxygen atoms in total. The maximum atomic E-state index is 11.5. The van der Waals surface area contributed by atoms with E-state index in [1.165, 1.54) is 0 Å². The number of hydrogen-bond donors (Lipinski definition) is 0. The summed E-state index contributed by atoms with van der Waals surface area (Å²) in [6.07, 6.45) is 0.0848. The third-order valence-electron chi connectivity index (χ3n) is 2.02. The quantitative estimate of drug-likeness (QED) is 0.599. The summed E-state index contributed by atoms with van der Waals surface area (Å²) >= 11 is 6.01. The Labute approximate surface area is 107 Å². The highest BCUT2D eigenvalue weighted by molar-refractivity contribution is 6.29. The van der Waals surface area contributed by atoms with E-state index in [0.717, 1.165) is 0 Å². The first-order valence-corrected chi connectivity index (χ1v) is 6.05. The minimum Gasteiger partial charge on any atom is -0.491 e. The first kappa shape index (κ1) is 13.8. The lowest BCUT2D eigenvalue weighted by molar-refractivity contribution is -0.142. The summed E-state index contributed by atoms with van der Waals surface area (Å²) in [6.45, 7) is 5.95. The molecule has 0 fully saturated rings. The summed E-state index contributed by atoms with van der Waals surface area (Å²) in [7, 11) is 0. The first-order valence-electron chi connectivity index (χ1n) is 5.62. The third-order valence-corrected chi connectivity index (χ3v) is 2.45. The minimum atomic E-state index is -0.786. The van der Waals surface area contributed by atoms with Gasteiger partial charge in [0.2, 0.25) is 0 Å². The van der Waals surface area contributed by atoms with Crippen molar-refractivity contribution in [2.75, 3.05) is 6.61 Å². The maximum Gasteiger partial charge on any atom is 0.328 e. The van der Waals surface area contributed by atoms with E-state index in [0.29, 0.717) is 17.9 Å². The highest BCUT2D eigenvalue weighted by atomic mass is 35.5. The molecule has 94 valence electrons. The smallest absolute Gasteiger partial charge is 0.328 e. The van der Waals surface area contributed by atoms with Gasteiger partial charge in [-0.1, -0.05) is 12.1 Å². The number of halogens is 1. The lowest BCUT2D eigenvalue weighted by Crippen LogP contribution is -2.11. The van der Waals surface area contributed by atoms with E-state index in [4.69, 9.17) is 21.1 Å². The molecule has 0 amide bonds. The lowest BCUT2D eigenvalue weighted by Gasteiger charge is -2.13. The molecule has 1 aromatic carbocycles. The molecule has 0 aliphatic carbocycles. The normalized spacial score (nSPS) is 12.3. The molecule has 1 unspecified atom stereocenters. The van der Waals surface area contributed by atoms with Crippen molar-refractivity contribution in [3.63, 3.8) is 0 Å². The lowest BCUT2D eigenvalue weighted by atomic mass is 10.1. The third kappa shape index (κ3) is 4.27. The number of hydrogen-bond acceptors (Lipinski definition) is 3. The van der Waals surface area contributed by atoms with Crippen LogP contribution < -0.4 is 4.74 Å². The van der Waals surface area contributed by atoms with Crippen LogP contribution in [0.1, 0.15) is 31.7 Å². The molecule has 1 rings (SSSR count). The van der Waals surface area contributed by atoms with Crippen LogP contribution in [0.3, 0.4) is 0 Å². The van der Waals surface area contributed by atoms with Gasteiger partial charge in [-0.25, -0.2) is 0 Å². The second kappa shape index (κ2) is 6.50. The predicted octanol–water partition coefficient (Wildman–Crippen LogP) is 3.32. The second-order valence-electron chi connectivity index (χ2n) is 3.85. The number of ether oxygens (including phenoxy) is 2. The number of carbonyl (C=O) groups is 1. The van der Waals surface area contributed by atoms with Gasteiger partial charge in [0.1, 0.15) is 5.75 Å². The Morgan fingerprint density at radius 2 is 2.12 bits per heavy atom. The van der Waals surface area contributed by atoms with Crippen molar-refractivity contribution in [2.24, 2.45) is 0 Å². The largest absolute Gasteiger partial charge is 0.491 e. The van der Waals surface area contributed by atoms with Crippen LogP contribution in [0.4, 0.5) is 0 Å². The van der Waals surface area contributed by atoms with Crippen molar-refractivity contribution in [3.8, 4) is 5.75 Å². The van der Waals surface area contributed by atoms with Gasteiger partial charge in [0.25, 0.3) is 0 Å². The van der Waals surface area contributed by atoms with Crippen LogP contribution in [0.5, 0.6) is 5.75 Å². The van der Waals surface area contributed by atoms with Gasteiger partial charge < -0.3 is 9.47 Å². The first-order chi connectivity index (χ1) is 8.04. The Balaban J connectivity index is 2.80. The number of carbonyl (C=O) groups excluding carboxylic acids is 1. The van der Waals surface area contributed by atoms with Gasteiger partial charge in [0.15, 0.2) is 5.38 Å². The fourth-order valence-electron chi connectivity index (χ4n) is 1.37. The monoisotopic (exact) mass is 256 g/mol. The van der Waals surface area contributed by atoms with E-state index >= 15 is 0 Å². The average molecular weight is 257 g/mol. The summed E-state index contributed by atoms with van der Waals surface area (Å²) in [5.41, 5.74) is 0.684. The number of rotatable bonds is 5. The fraction of sp³-hybridized carbons (Fsp3) is 0.462. The molecule has 4 heteroatoms. The molecule has 0 N–H and O–H groups in total. The van der Waals surface area contributed by atoms with Crippen LogP contribution in [0.15, 0.2) is 24.3 Å². The number of alkyl halides is 1. The van der Waals surface area contributed by atoms with Gasteiger partial charge in [0.05, 0.1) is 12.7 Å². The Morgan fingerprint density at radius 3 is 2.71 bits per heavy atom. The predicted molar refractivity (Wildman–Crippen MR) is 67.4 cm³/mol. The van der Waals surface area contributed by atoms with Crippen molar-refractivity contribution >= 4 is 17.6 Å². The zero-order valence-corrected chi connectivity index (χ0v) is 11.0. The minimum absolute atomic E-state index is 0.0848. The van der Waals surface area contributed by atoms with Gasteiger partial charge in [0, 0.05) is 0 Å². The standard InChI is InChI=1S/C13H17ClO3/c1-4-16-13(15)12(14)10-6-5-7-11(8-10)17-9(2)3/h5-9,12H,4H2,1-3H3. The van der Waals surface area contributed by atoms with Crippen molar-refractivity contribution < 1.29 is 14.3 Å². The molecule has 0 spiro atoms. The summed E-state index contributed by atoms with van der Waals surface area (Å²) in [4.78, 5) is 11.5. The molecular formula is C13H17ClO3. The van der Waals surface area contributed by atoms with Gasteiger partial charge in [-0.05, 0) is 38.5 Å². The molecule has 1 aromatic rings. The van der Waals surface area contributed by atoms with Crippen LogP contribution in [0.25, 0.3) is 0 Å². The van der Waals surface area contributed by atoms with Crippen LogP contribution in [-0.4, -0.2) is 18.7 Å². The van der Waals surface area contributed by atoms with Crippen LogP contribution in [0, 0.1) is 0 Å². The fourth-order valence-corrected chi connectivity index (χ4v) is 1.57. The highest BCUT2D eigenvalue weighted by Gasteiger charge is 2.19. The van der Waals surface area contributed by atoms with E-state index < -0.39 is 11.3 Å². The summed E-state index contributed by atoms with van der Waals surface area (Å²) < 4.78 is 10.4. The zero-order valence-electron chi connectivity index (χ0n) is 10.3. The SMILES string of the molecule is CCOC(=O)C(Cl)c1cccc(OC(C)C)c1. The summed E-state index contributed by atoms with van der Waals surface area (Å²) in [5.74, 6) is 0.267. The molecular weight excluding hydrogens is 240 g/mol. The zero-order chi connectivity index (χ0) is 12.8. The van der Waals surface area contributed by atoms with E-state index in [-0.39, 0.29) is 6.10 Å². The highest BCUT2D eigenvalue weighted by Crippen LogP contribution is 2.25. The van der Waals surface area contributed by atoms with E-state index in [2.05, 4.69) is 0 Å². The summed E-state index contributed by atoms with van der Waals surface area (Å²) in [5, 5.41) is -0.786. The number of benzene rings is 1.